The molecule has 11 heteroatoms. The zero-order valence-electron chi connectivity index (χ0n) is 22.9. The van der Waals surface area contributed by atoms with Crippen molar-refractivity contribution in [2.75, 3.05) is 20.2 Å². The highest BCUT2D eigenvalue weighted by Crippen LogP contribution is 2.58. The normalized spacial score (nSPS) is 27.6. The maximum atomic E-state index is 16.3. The first-order chi connectivity index (χ1) is 19.5. The molecule has 3 heterocycles. The second-order valence-electron chi connectivity index (χ2n) is 11.7. The number of imide groups is 1. The monoisotopic (exact) mass is 571 g/mol. The lowest BCUT2D eigenvalue weighted by atomic mass is 9.66. The van der Waals surface area contributed by atoms with Crippen LogP contribution in [0.4, 0.5) is 13.2 Å². The molecule has 2 aromatic rings. The molecule has 0 bridgehead atoms. The molecule has 3 amide bonds. The fourth-order valence-corrected chi connectivity index (χ4v) is 7.44. The van der Waals surface area contributed by atoms with E-state index in [2.05, 4.69) is 10.2 Å². The SMILES string of the molecule is CCC12Cc3cc4c(c(F)c3C1(O)CCN(Cc1ccc(C(F)F)c(OC)c1)C2)CN(C1CCC(=O)NC1=O)C4=O. The van der Waals surface area contributed by atoms with Crippen molar-refractivity contribution in [3.8, 4) is 5.75 Å². The fourth-order valence-electron chi connectivity index (χ4n) is 7.44. The van der Waals surface area contributed by atoms with Crippen LogP contribution in [-0.2, 0) is 34.7 Å². The minimum Gasteiger partial charge on any atom is -0.496 e. The number of alkyl halides is 2. The Morgan fingerprint density at radius 3 is 2.68 bits per heavy atom. The van der Waals surface area contributed by atoms with Crippen molar-refractivity contribution in [3.05, 3.63) is 63.5 Å². The molecule has 4 aliphatic rings. The van der Waals surface area contributed by atoms with Crippen molar-refractivity contribution in [3.63, 3.8) is 0 Å². The molecule has 6 rings (SSSR count). The van der Waals surface area contributed by atoms with Crippen LogP contribution in [-0.4, -0.2) is 58.9 Å². The number of carbonyl (C=O) groups is 3. The molecule has 2 saturated heterocycles. The number of hydrogen-bond acceptors (Lipinski definition) is 6. The Balaban J connectivity index is 1.27. The fraction of sp³-hybridized carbons (Fsp3) is 0.500. The van der Waals surface area contributed by atoms with Gasteiger partial charge in [-0.2, -0.15) is 0 Å². The van der Waals surface area contributed by atoms with E-state index in [4.69, 9.17) is 4.74 Å². The average Bonchev–Trinajstić information content (AvgIpc) is 3.40. The number of nitrogens with one attached hydrogen (secondary N) is 1. The largest absolute Gasteiger partial charge is 0.496 e. The Labute approximate surface area is 235 Å². The first-order valence-corrected chi connectivity index (χ1v) is 13.9. The van der Waals surface area contributed by atoms with Gasteiger partial charge in [0.2, 0.25) is 11.8 Å². The molecular formula is C30H32F3N3O5. The van der Waals surface area contributed by atoms with Crippen LogP contribution >= 0.6 is 0 Å². The molecule has 8 nitrogen and oxygen atoms in total. The molecule has 0 radical (unpaired) electrons. The molecule has 3 unspecified atom stereocenters. The van der Waals surface area contributed by atoms with Crippen LogP contribution in [0.15, 0.2) is 24.3 Å². The van der Waals surface area contributed by atoms with Gasteiger partial charge in [-0.1, -0.05) is 13.0 Å². The number of fused-ring (bicyclic) bond motifs is 4. The number of amides is 3. The van der Waals surface area contributed by atoms with E-state index in [1.807, 2.05) is 6.92 Å². The molecule has 218 valence electrons. The lowest BCUT2D eigenvalue weighted by Gasteiger charge is -2.50. The van der Waals surface area contributed by atoms with Crippen LogP contribution in [0.25, 0.3) is 0 Å². The van der Waals surface area contributed by atoms with Gasteiger partial charge in [0.15, 0.2) is 0 Å². The summed E-state index contributed by atoms with van der Waals surface area (Å²) >= 11 is 0. The zero-order chi connectivity index (χ0) is 29.3. The van der Waals surface area contributed by atoms with Gasteiger partial charge in [-0.15, -0.1) is 0 Å². The van der Waals surface area contributed by atoms with Gasteiger partial charge in [-0.25, -0.2) is 13.2 Å². The van der Waals surface area contributed by atoms with Gasteiger partial charge in [-0.05, 0) is 55.0 Å². The number of methoxy groups -OCH3 is 1. The molecule has 41 heavy (non-hydrogen) atoms. The highest BCUT2D eigenvalue weighted by Gasteiger charge is 2.60. The summed E-state index contributed by atoms with van der Waals surface area (Å²) in [6.07, 6.45) is -1.17. The summed E-state index contributed by atoms with van der Waals surface area (Å²) < 4.78 is 48.1. The quantitative estimate of drug-likeness (QED) is 0.515. The summed E-state index contributed by atoms with van der Waals surface area (Å²) in [5, 5.41) is 14.4. The number of rotatable bonds is 6. The Morgan fingerprint density at radius 1 is 1.22 bits per heavy atom. The van der Waals surface area contributed by atoms with E-state index in [1.165, 1.54) is 18.1 Å². The first kappa shape index (κ1) is 27.7. The number of aliphatic hydroxyl groups is 1. The second-order valence-corrected chi connectivity index (χ2v) is 11.7. The molecule has 2 fully saturated rings. The van der Waals surface area contributed by atoms with Crippen LogP contribution in [0, 0.1) is 11.2 Å². The minimum atomic E-state index is -2.65. The van der Waals surface area contributed by atoms with Crippen molar-refractivity contribution < 1.29 is 37.4 Å². The van der Waals surface area contributed by atoms with E-state index >= 15 is 4.39 Å². The maximum Gasteiger partial charge on any atom is 0.267 e. The Kier molecular flexibility index (Phi) is 6.65. The molecule has 1 aliphatic carbocycles. The van der Waals surface area contributed by atoms with Crippen LogP contribution in [0.2, 0.25) is 0 Å². The van der Waals surface area contributed by atoms with Crippen molar-refractivity contribution in [2.45, 2.75) is 70.2 Å². The Hall–Kier alpha value is -3.44. The zero-order valence-corrected chi connectivity index (χ0v) is 22.9. The van der Waals surface area contributed by atoms with Crippen molar-refractivity contribution in [1.82, 2.24) is 15.1 Å². The van der Waals surface area contributed by atoms with E-state index in [0.717, 1.165) is 5.56 Å². The summed E-state index contributed by atoms with van der Waals surface area (Å²) in [6, 6.07) is 5.45. The van der Waals surface area contributed by atoms with E-state index in [9.17, 15) is 28.3 Å². The van der Waals surface area contributed by atoms with E-state index in [-0.39, 0.29) is 53.8 Å². The van der Waals surface area contributed by atoms with E-state index < -0.39 is 47.0 Å². The molecule has 2 N–H and O–H groups in total. The smallest absolute Gasteiger partial charge is 0.267 e. The van der Waals surface area contributed by atoms with Crippen molar-refractivity contribution in [2.24, 2.45) is 5.41 Å². The molecule has 2 aromatic carbocycles. The number of piperidine rings is 2. The van der Waals surface area contributed by atoms with Crippen molar-refractivity contribution >= 4 is 17.7 Å². The van der Waals surface area contributed by atoms with Crippen LogP contribution < -0.4 is 10.1 Å². The van der Waals surface area contributed by atoms with Gasteiger partial charge in [0.1, 0.15) is 23.2 Å². The summed E-state index contributed by atoms with van der Waals surface area (Å²) in [6.45, 7) is 3.22. The van der Waals surface area contributed by atoms with Gasteiger partial charge in [0.25, 0.3) is 12.3 Å². The van der Waals surface area contributed by atoms with Crippen LogP contribution in [0.5, 0.6) is 5.75 Å². The van der Waals surface area contributed by atoms with Gasteiger partial charge in [-0.3, -0.25) is 24.6 Å². The third-order valence-electron chi connectivity index (χ3n) is 9.61. The van der Waals surface area contributed by atoms with Gasteiger partial charge in [0, 0.05) is 48.2 Å². The van der Waals surface area contributed by atoms with Gasteiger partial charge in [0.05, 0.1) is 19.2 Å². The van der Waals surface area contributed by atoms with Crippen molar-refractivity contribution in [1.29, 1.82) is 0 Å². The highest BCUT2D eigenvalue weighted by atomic mass is 19.3. The number of carbonyl (C=O) groups excluding carboxylic acids is 3. The molecule has 0 spiro atoms. The lowest BCUT2D eigenvalue weighted by Crippen LogP contribution is -2.56. The Bertz CT molecular complexity index is 1470. The number of hydrogen-bond donors (Lipinski definition) is 2. The predicted octanol–water partition coefficient (Wildman–Crippen LogP) is 3.58. The molecule has 0 saturated carbocycles. The Morgan fingerprint density at radius 2 is 2.00 bits per heavy atom. The molecular weight excluding hydrogens is 539 g/mol. The predicted molar refractivity (Wildman–Crippen MR) is 141 cm³/mol. The van der Waals surface area contributed by atoms with Gasteiger partial charge >= 0.3 is 0 Å². The first-order valence-electron chi connectivity index (χ1n) is 13.9. The number of nitrogens with zero attached hydrogens (tertiary/aromatic N) is 2. The molecule has 3 atom stereocenters. The minimum absolute atomic E-state index is 0.0999. The third-order valence-corrected chi connectivity index (χ3v) is 9.61. The van der Waals surface area contributed by atoms with Crippen LogP contribution in [0.1, 0.15) is 77.2 Å². The topological polar surface area (TPSA) is 99.2 Å². The number of halogens is 3. The maximum absolute atomic E-state index is 16.3. The number of likely N-dealkylation sites (tertiary alicyclic amines) is 1. The molecule has 0 aromatic heterocycles. The summed E-state index contributed by atoms with van der Waals surface area (Å²) in [5.74, 6) is -1.88. The second kappa shape index (κ2) is 9.84. The lowest BCUT2D eigenvalue weighted by molar-refractivity contribution is -0.137. The van der Waals surface area contributed by atoms with E-state index in [0.29, 0.717) is 38.0 Å². The van der Waals surface area contributed by atoms with Crippen LogP contribution in [0.3, 0.4) is 0 Å². The summed E-state index contributed by atoms with van der Waals surface area (Å²) in [7, 11) is 1.36. The van der Waals surface area contributed by atoms with E-state index in [1.54, 1.807) is 18.2 Å². The number of ether oxygens (including phenoxy) is 1. The highest BCUT2D eigenvalue weighted by molar-refractivity contribution is 6.05. The third kappa shape index (κ3) is 4.15. The number of benzene rings is 2. The molecule has 3 aliphatic heterocycles. The summed E-state index contributed by atoms with van der Waals surface area (Å²) in [5.41, 5.74) is -0.335. The van der Waals surface area contributed by atoms with Gasteiger partial charge < -0.3 is 14.7 Å². The standard InChI is InChI=1S/C30H32F3N3O5/c1-3-29-12-17-11-19-20(14-36(28(19)39)21-6-7-23(37)34-27(21)38)25(31)24(17)30(29,40)8-9-35(15-29)13-16-4-5-18(26(32)33)22(10-16)41-2/h4-5,10-11,21,26,40H,3,6-9,12-15H2,1-2H3,(H,34,37,38). The summed E-state index contributed by atoms with van der Waals surface area (Å²) in [4.78, 5) is 40.8. The average molecular weight is 572 g/mol.